The van der Waals surface area contributed by atoms with Gasteiger partial charge in [-0.15, -0.1) is 5.73 Å². The largest absolute Gasteiger partial charge is 0.281 e. The van der Waals surface area contributed by atoms with Crippen molar-refractivity contribution in [2.24, 2.45) is 0 Å². The Kier molecular flexibility index (Phi) is 8.77. The van der Waals surface area contributed by atoms with Crippen LogP contribution in [-0.4, -0.2) is 17.9 Å². The number of hydrogen-bond donors (Lipinski definition) is 0. The molecule has 0 aliphatic heterocycles. The van der Waals surface area contributed by atoms with Gasteiger partial charge in [-0.3, -0.25) is 4.79 Å². The van der Waals surface area contributed by atoms with Crippen molar-refractivity contribution in [1.29, 1.82) is 0 Å². The third-order valence-corrected chi connectivity index (χ3v) is 10.9. The van der Waals surface area contributed by atoms with Crippen LogP contribution < -0.4 is 0 Å². The number of carbonyl (C=O) groups excluding carboxylic acids is 1. The topological polar surface area (TPSA) is 17.1 Å². The van der Waals surface area contributed by atoms with Gasteiger partial charge in [0.25, 0.3) is 0 Å². The van der Waals surface area contributed by atoms with Crippen LogP contribution in [0.2, 0.25) is 23.2 Å². The Morgan fingerprint density at radius 3 is 2.08 bits per heavy atom. The van der Waals surface area contributed by atoms with E-state index in [0.29, 0.717) is 6.42 Å². The molecule has 1 rings (SSSR count). The molecule has 0 atom stereocenters. The van der Waals surface area contributed by atoms with Crippen molar-refractivity contribution in [3.63, 3.8) is 0 Å². The molecule has 0 aromatic heterocycles. The molecule has 0 fully saturated rings. The van der Waals surface area contributed by atoms with Gasteiger partial charge >= 0.3 is 0 Å². The Morgan fingerprint density at radius 1 is 1.12 bits per heavy atom. The van der Waals surface area contributed by atoms with Crippen molar-refractivity contribution in [3.05, 3.63) is 51.9 Å². The molecule has 0 saturated carbocycles. The molecule has 0 saturated heterocycles. The third-order valence-electron chi connectivity index (χ3n) is 4.60. The Morgan fingerprint density at radius 2 is 1.64 bits per heavy atom. The molecule has 4 heteroatoms. The van der Waals surface area contributed by atoms with E-state index in [2.05, 4.69) is 53.0 Å². The van der Waals surface area contributed by atoms with E-state index in [9.17, 15) is 4.79 Å². The number of rotatable bonds is 7. The van der Waals surface area contributed by atoms with Crippen LogP contribution >= 0.6 is 23.4 Å². The quantitative estimate of drug-likeness (QED) is 0.279. The first-order valence-electron chi connectivity index (χ1n) is 9.09. The summed E-state index contributed by atoms with van der Waals surface area (Å²) in [5.41, 5.74) is 7.60. The number of carbonyl (C=O) groups is 1. The minimum absolute atomic E-state index is 0.0984. The zero-order valence-electron chi connectivity index (χ0n) is 16.4. The van der Waals surface area contributed by atoms with Gasteiger partial charge in [-0.05, 0) is 17.7 Å². The standard InChI is InChI=1S/C21H31ClOSSi/c1-7-25(8-2,9-3)15-14-18(20(23)24-21(4,5)6)16-17-10-12-19(22)13-11-17/h10-13,15H,7-9,16H2,1-6H3. The zero-order chi connectivity index (χ0) is 19.1. The van der Waals surface area contributed by atoms with Gasteiger partial charge in [-0.2, -0.15) is 0 Å². The Bertz CT molecular complexity index is 625. The fraction of sp³-hybridized carbons (Fsp3) is 0.524. The minimum atomic E-state index is -1.45. The van der Waals surface area contributed by atoms with Gasteiger partial charge in [0.1, 0.15) is 0 Å². The van der Waals surface area contributed by atoms with Crippen molar-refractivity contribution in [1.82, 2.24) is 0 Å². The van der Waals surface area contributed by atoms with E-state index in [1.807, 2.05) is 24.3 Å². The second kappa shape index (κ2) is 9.82. The van der Waals surface area contributed by atoms with Crippen LogP contribution in [0.3, 0.4) is 0 Å². The highest BCUT2D eigenvalue weighted by Gasteiger charge is 2.24. The molecule has 1 aromatic carbocycles. The molecule has 0 radical (unpaired) electrons. The second-order valence-electron chi connectivity index (χ2n) is 7.50. The van der Waals surface area contributed by atoms with Crippen LogP contribution in [0, 0.1) is 0 Å². The maximum Gasteiger partial charge on any atom is 0.223 e. The number of benzene rings is 1. The van der Waals surface area contributed by atoms with Crippen LogP contribution in [0.25, 0.3) is 0 Å². The molecule has 138 valence electrons. The predicted molar refractivity (Wildman–Crippen MR) is 116 cm³/mol. The van der Waals surface area contributed by atoms with Gasteiger partial charge in [0.2, 0.25) is 5.12 Å². The lowest BCUT2D eigenvalue weighted by Crippen LogP contribution is -2.28. The van der Waals surface area contributed by atoms with E-state index >= 15 is 0 Å². The Labute approximate surface area is 163 Å². The van der Waals surface area contributed by atoms with Crippen molar-refractivity contribution in [2.75, 3.05) is 0 Å². The molecular weight excluding hydrogens is 364 g/mol. The maximum absolute atomic E-state index is 12.8. The molecule has 0 unspecified atom stereocenters. The summed E-state index contributed by atoms with van der Waals surface area (Å²) in [6, 6.07) is 11.3. The van der Waals surface area contributed by atoms with Gasteiger partial charge in [0, 0.05) is 16.2 Å². The molecule has 0 aliphatic rings. The van der Waals surface area contributed by atoms with Gasteiger partial charge < -0.3 is 0 Å². The van der Waals surface area contributed by atoms with Gasteiger partial charge in [0.05, 0.1) is 13.6 Å². The summed E-state index contributed by atoms with van der Waals surface area (Å²) in [6.07, 6.45) is 0.608. The highest BCUT2D eigenvalue weighted by atomic mass is 35.5. The average Bonchev–Trinajstić information content (AvgIpc) is 2.55. The lowest BCUT2D eigenvalue weighted by Gasteiger charge is -2.22. The first-order valence-corrected chi connectivity index (χ1v) is 13.0. The monoisotopic (exact) mass is 394 g/mol. The van der Waals surface area contributed by atoms with Crippen LogP contribution in [-0.2, 0) is 11.2 Å². The van der Waals surface area contributed by atoms with Crippen molar-refractivity contribution < 1.29 is 4.79 Å². The summed E-state index contributed by atoms with van der Waals surface area (Å²) in [7, 11) is -1.45. The summed E-state index contributed by atoms with van der Waals surface area (Å²) in [4.78, 5) is 12.8. The van der Waals surface area contributed by atoms with E-state index < -0.39 is 8.07 Å². The normalized spacial score (nSPS) is 11.8. The minimum Gasteiger partial charge on any atom is -0.281 e. The van der Waals surface area contributed by atoms with E-state index in [1.165, 1.54) is 29.9 Å². The first-order chi connectivity index (χ1) is 11.6. The number of thioether (sulfide) groups is 1. The summed E-state index contributed by atoms with van der Waals surface area (Å²) in [5, 5.41) is 0.847. The molecule has 0 heterocycles. The van der Waals surface area contributed by atoms with E-state index in [0.717, 1.165) is 16.2 Å². The smallest absolute Gasteiger partial charge is 0.223 e. The lowest BCUT2D eigenvalue weighted by atomic mass is 10.1. The fourth-order valence-corrected chi connectivity index (χ4v) is 6.15. The Balaban J connectivity index is 3.24. The van der Waals surface area contributed by atoms with Crippen molar-refractivity contribution in [2.45, 2.75) is 70.8 Å². The van der Waals surface area contributed by atoms with E-state index in [-0.39, 0.29) is 9.86 Å². The molecule has 0 amide bonds. The van der Waals surface area contributed by atoms with Gasteiger partial charge in [-0.25, -0.2) is 0 Å². The molecule has 0 N–H and O–H groups in total. The van der Waals surface area contributed by atoms with Crippen LogP contribution in [0.1, 0.15) is 47.1 Å². The molecular formula is C21H31ClOSSi. The highest BCUT2D eigenvalue weighted by Crippen LogP contribution is 2.28. The fourth-order valence-electron chi connectivity index (χ4n) is 2.62. The number of halogens is 1. The van der Waals surface area contributed by atoms with Crippen molar-refractivity contribution in [3.8, 4) is 0 Å². The summed E-state index contributed by atoms with van der Waals surface area (Å²) >= 11 is 7.37. The third kappa shape index (κ3) is 7.58. The van der Waals surface area contributed by atoms with Crippen molar-refractivity contribution >= 4 is 36.6 Å². The molecule has 0 aliphatic carbocycles. The molecule has 0 spiro atoms. The second-order valence-corrected chi connectivity index (χ2v) is 14.9. The van der Waals surface area contributed by atoms with Gasteiger partial charge in [-0.1, -0.05) is 101 Å². The molecule has 25 heavy (non-hydrogen) atoms. The van der Waals surface area contributed by atoms with Gasteiger partial charge in [0.15, 0.2) is 0 Å². The Hall–Kier alpha value is -0.733. The maximum atomic E-state index is 12.8. The lowest BCUT2D eigenvalue weighted by molar-refractivity contribution is -0.108. The van der Waals surface area contributed by atoms with Crippen LogP contribution in [0.5, 0.6) is 0 Å². The SMILES string of the molecule is CC[Si](C=C=C(Cc1ccc(Cl)cc1)C(=O)SC(C)(C)C)(CC)CC. The average molecular weight is 395 g/mol. The zero-order valence-corrected chi connectivity index (χ0v) is 19.0. The highest BCUT2D eigenvalue weighted by molar-refractivity contribution is 8.15. The summed E-state index contributed by atoms with van der Waals surface area (Å²) in [6.45, 7) is 13.0. The number of hydrogen-bond acceptors (Lipinski definition) is 2. The molecule has 0 bridgehead atoms. The van der Waals surface area contributed by atoms with Crippen LogP contribution in [0.4, 0.5) is 0 Å². The molecule has 1 aromatic rings. The van der Waals surface area contributed by atoms with Crippen LogP contribution in [0.15, 0.2) is 41.3 Å². The summed E-state index contributed by atoms with van der Waals surface area (Å²) < 4.78 is -0.0984. The van der Waals surface area contributed by atoms with E-state index in [4.69, 9.17) is 11.6 Å². The van der Waals surface area contributed by atoms with E-state index in [1.54, 1.807) is 0 Å². The predicted octanol–water partition coefficient (Wildman–Crippen LogP) is 7.07. The summed E-state index contributed by atoms with van der Waals surface area (Å²) in [5.74, 6) is 0. The first kappa shape index (κ1) is 22.3. The molecule has 1 nitrogen and oxygen atoms in total.